The van der Waals surface area contributed by atoms with Crippen LogP contribution in [0.3, 0.4) is 0 Å². The fraction of sp³-hybridized carbons (Fsp3) is 0.263. The summed E-state index contributed by atoms with van der Waals surface area (Å²) in [7, 11) is 0. The number of aryl methyl sites for hydroxylation is 2. The van der Waals surface area contributed by atoms with E-state index < -0.39 is 0 Å². The second-order valence-corrected chi connectivity index (χ2v) is 5.72. The second kappa shape index (κ2) is 6.65. The van der Waals surface area contributed by atoms with E-state index in [1.165, 1.54) is 0 Å². The Labute approximate surface area is 136 Å². The zero-order chi connectivity index (χ0) is 16.2. The highest BCUT2D eigenvalue weighted by Gasteiger charge is 2.13. The quantitative estimate of drug-likeness (QED) is 0.776. The largest absolute Gasteiger partial charge is 0.324 e. The maximum atomic E-state index is 12.5. The molecule has 0 unspecified atom stereocenters. The smallest absolute Gasteiger partial charge is 0.244 e. The van der Waals surface area contributed by atoms with E-state index in [1.807, 2.05) is 60.0 Å². The molecule has 118 valence electrons. The molecule has 1 N–H and O–H groups in total. The SMILES string of the molecule is CCCc1nc2ccccc2n1CC(=O)Nc1ccccc1C. The highest BCUT2D eigenvalue weighted by molar-refractivity contribution is 5.92. The second-order valence-electron chi connectivity index (χ2n) is 5.72. The number of imidazole rings is 1. The molecule has 0 radical (unpaired) electrons. The van der Waals surface area contributed by atoms with E-state index in [4.69, 9.17) is 0 Å². The first kappa shape index (κ1) is 15.3. The van der Waals surface area contributed by atoms with Crippen molar-refractivity contribution in [3.05, 3.63) is 59.9 Å². The predicted octanol–water partition coefficient (Wildman–Crippen LogP) is 3.94. The summed E-state index contributed by atoms with van der Waals surface area (Å²) in [5.74, 6) is 0.938. The van der Waals surface area contributed by atoms with Crippen LogP contribution >= 0.6 is 0 Å². The number of benzene rings is 2. The van der Waals surface area contributed by atoms with Crippen LogP contribution in [0, 0.1) is 6.92 Å². The molecule has 0 spiro atoms. The molecule has 4 heteroatoms. The van der Waals surface area contributed by atoms with Gasteiger partial charge in [0.1, 0.15) is 12.4 Å². The molecule has 1 amide bonds. The standard InChI is InChI=1S/C19H21N3O/c1-3-8-18-20-16-11-6-7-12-17(16)22(18)13-19(23)21-15-10-5-4-9-14(15)2/h4-7,9-12H,3,8,13H2,1-2H3,(H,21,23). The molecule has 0 aliphatic heterocycles. The number of aromatic nitrogens is 2. The molecule has 0 aliphatic rings. The number of carbonyl (C=O) groups is 1. The van der Waals surface area contributed by atoms with Crippen molar-refractivity contribution in [3.8, 4) is 0 Å². The molecule has 3 rings (SSSR count). The third kappa shape index (κ3) is 3.26. The van der Waals surface area contributed by atoms with E-state index in [0.717, 1.165) is 41.0 Å². The van der Waals surface area contributed by atoms with Gasteiger partial charge in [0, 0.05) is 12.1 Å². The summed E-state index contributed by atoms with van der Waals surface area (Å²) in [6.07, 6.45) is 1.87. The Kier molecular flexibility index (Phi) is 4.42. The van der Waals surface area contributed by atoms with Crippen LogP contribution in [0.15, 0.2) is 48.5 Å². The van der Waals surface area contributed by atoms with E-state index in [0.29, 0.717) is 0 Å². The zero-order valence-corrected chi connectivity index (χ0v) is 13.5. The Hall–Kier alpha value is -2.62. The summed E-state index contributed by atoms with van der Waals surface area (Å²) in [5.41, 5.74) is 3.87. The average Bonchev–Trinajstić information content (AvgIpc) is 2.88. The van der Waals surface area contributed by atoms with Crippen LogP contribution in [0.2, 0.25) is 0 Å². The van der Waals surface area contributed by atoms with Crippen molar-refractivity contribution >= 4 is 22.6 Å². The normalized spacial score (nSPS) is 10.9. The molecule has 0 fully saturated rings. The lowest BCUT2D eigenvalue weighted by Gasteiger charge is -2.11. The lowest BCUT2D eigenvalue weighted by atomic mass is 10.2. The molecule has 1 heterocycles. The van der Waals surface area contributed by atoms with E-state index in [1.54, 1.807) is 0 Å². The van der Waals surface area contributed by atoms with E-state index in [-0.39, 0.29) is 12.5 Å². The van der Waals surface area contributed by atoms with Crippen LogP contribution in [0.25, 0.3) is 11.0 Å². The molecule has 4 nitrogen and oxygen atoms in total. The molecule has 3 aromatic rings. The van der Waals surface area contributed by atoms with Gasteiger partial charge in [0.15, 0.2) is 0 Å². The lowest BCUT2D eigenvalue weighted by molar-refractivity contribution is -0.116. The van der Waals surface area contributed by atoms with Crippen LogP contribution in [-0.4, -0.2) is 15.5 Å². The summed E-state index contributed by atoms with van der Waals surface area (Å²) >= 11 is 0. The fourth-order valence-corrected chi connectivity index (χ4v) is 2.76. The van der Waals surface area contributed by atoms with E-state index in [2.05, 4.69) is 17.2 Å². The summed E-state index contributed by atoms with van der Waals surface area (Å²) in [4.78, 5) is 17.1. The average molecular weight is 307 g/mol. The van der Waals surface area contributed by atoms with Crippen LogP contribution in [0.4, 0.5) is 5.69 Å². The van der Waals surface area contributed by atoms with Gasteiger partial charge in [0.25, 0.3) is 0 Å². The first-order valence-corrected chi connectivity index (χ1v) is 7.98. The van der Waals surface area contributed by atoms with Crippen molar-refractivity contribution in [1.82, 2.24) is 9.55 Å². The van der Waals surface area contributed by atoms with Crippen LogP contribution < -0.4 is 5.32 Å². The number of para-hydroxylation sites is 3. The van der Waals surface area contributed by atoms with Crippen molar-refractivity contribution in [2.75, 3.05) is 5.32 Å². The van der Waals surface area contributed by atoms with Crippen molar-refractivity contribution in [2.45, 2.75) is 33.2 Å². The first-order valence-electron chi connectivity index (χ1n) is 7.98. The number of carbonyl (C=O) groups excluding carboxylic acids is 1. The van der Waals surface area contributed by atoms with Gasteiger partial charge in [-0.05, 0) is 37.1 Å². The molecule has 0 saturated heterocycles. The van der Waals surface area contributed by atoms with Gasteiger partial charge < -0.3 is 9.88 Å². The molecule has 2 aromatic carbocycles. The third-order valence-electron chi connectivity index (χ3n) is 3.93. The molecule has 0 aliphatic carbocycles. The summed E-state index contributed by atoms with van der Waals surface area (Å²) in [6, 6.07) is 15.8. The van der Waals surface area contributed by atoms with Gasteiger partial charge in [-0.25, -0.2) is 4.98 Å². The number of nitrogens with zero attached hydrogens (tertiary/aromatic N) is 2. The molecule has 1 aromatic heterocycles. The minimum absolute atomic E-state index is 0.0280. The molecular formula is C19H21N3O. The Morgan fingerprint density at radius 3 is 2.65 bits per heavy atom. The molecule has 0 saturated carbocycles. The van der Waals surface area contributed by atoms with Gasteiger partial charge in [-0.15, -0.1) is 0 Å². The lowest BCUT2D eigenvalue weighted by Crippen LogP contribution is -2.20. The van der Waals surface area contributed by atoms with Crippen molar-refractivity contribution in [1.29, 1.82) is 0 Å². The van der Waals surface area contributed by atoms with Crippen molar-refractivity contribution < 1.29 is 4.79 Å². The van der Waals surface area contributed by atoms with Gasteiger partial charge in [-0.3, -0.25) is 4.79 Å². The topological polar surface area (TPSA) is 46.9 Å². The first-order chi connectivity index (χ1) is 11.2. The maximum absolute atomic E-state index is 12.5. The highest BCUT2D eigenvalue weighted by atomic mass is 16.1. The van der Waals surface area contributed by atoms with E-state index >= 15 is 0 Å². The number of rotatable bonds is 5. The number of hydrogen-bond donors (Lipinski definition) is 1. The number of fused-ring (bicyclic) bond motifs is 1. The van der Waals surface area contributed by atoms with Gasteiger partial charge >= 0.3 is 0 Å². The van der Waals surface area contributed by atoms with Gasteiger partial charge in [0.05, 0.1) is 11.0 Å². The van der Waals surface area contributed by atoms with Crippen LogP contribution in [0.1, 0.15) is 24.7 Å². The van der Waals surface area contributed by atoms with Crippen LogP contribution in [0.5, 0.6) is 0 Å². The predicted molar refractivity (Wildman–Crippen MR) is 93.5 cm³/mol. The Morgan fingerprint density at radius 2 is 1.87 bits per heavy atom. The van der Waals surface area contributed by atoms with Gasteiger partial charge in [-0.1, -0.05) is 37.3 Å². The number of hydrogen-bond acceptors (Lipinski definition) is 2. The molecule has 23 heavy (non-hydrogen) atoms. The highest BCUT2D eigenvalue weighted by Crippen LogP contribution is 2.18. The summed E-state index contributed by atoms with van der Waals surface area (Å²) in [5, 5.41) is 2.99. The number of anilines is 1. The zero-order valence-electron chi connectivity index (χ0n) is 13.5. The minimum atomic E-state index is -0.0280. The van der Waals surface area contributed by atoms with Crippen molar-refractivity contribution in [2.24, 2.45) is 0 Å². The van der Waals surface area contributed by atoms with Crippen molar-refractivity contribution in [3.63, 3.8) is 0 Å². The Balaban J connectivity index is 1.87. The van der Waals surface area contributed by atoms with Crippen LogP contribution in [-0.2, 0) is 17.8 Å². The maximum Gasteiger partial charge on any atom is 0.244 e. The van der Waals surface area contributed by atoms with Gasteiger partial charge in [0.2, 0.25) is 5.91 Å². The Bertz CT molecular complexity index is 836. The fourth-order valence-electron chi connectivity index (χ4n) is 2.76. The molecule has 0 bridgehead atoms. The van der Waals surface area contributed by atoms with E-state index in [9.17, 15) is 4.79 Å². The Morgan fingerprint density at radius 1 is 1.13 bits per heavy atom. The number of amides is 1. The monoisotopic (exact) mass is 307 g/mol. The minimum Gasteiger partial charge on any atom is -0.324 e. The van der Waals surface area contributed by atoms with Gasteiger partial charge in [-0.2, -0.15) is 0 Å². The summed E-state index contributed by atoms with van der Waals surface area (Å²) in [6.45, 7) is 4.39. The third-order valence-corrected chi connectivity index (χ3v) is 3.93. The number of nitrogens with one attached hydrogen (secondary N) is 1. The molecule has 0 atom stereocenters. The summed E-state index contributed by atoms with van der Waals surface area (Å²) < 4.78 is 2.02. The molecular weight excluding hydrogens is 286 g/mol.